The van der Waals surface area contributed by atoms with E-state index in [0.717, 1.165) is 22.0 Å². The molecule has 14 N–H and O–H groups in total. The Hall–Kier alpha value is -7.82. The number of aryl methyl sites for hydroxylation is 1. The van der Waals surface area contributed by atoms with Crippen molar-refractivity contribution in [3.8, 4) is 0 Å². The summed E-state index contributed by atoms with van der Waals surface area (Å²) in [5, 5.41) is 15.1. The molecular weight excluding hydrogens is 873 g/mol. The predicted molar refractivity (Wildman–Crippen MR) is 267 cm³/mol. The summed E-state index contributed by atoms with van der Waals surface area (Å²) in [5.41, 5.74) is 29.5. The van der Waals surface area contributed by atoms with Crippen LogP contribution < -0.4 is 49.5 Å². The van der Waals surface area contributed by atoms with Gasteiger partial charge in [-0.2, -0.15) is 0 Å². The number of hydrogen-bond donors (Lipinski definition) is 10. The summed E-state index contributed by atoms with van der Waals surface area (Å²) < 4.78 is 0. The minimum absolute atomic E-state index is 0.00448. The molecule has 0 radical (unpaired) electrons. The Balaban J connectivity index is 1.29. The molecule has 0 spiro atoms. The van der Waals surface area contributed by atoms with Gasteiger partial charge in [-0.15, -0.1) is 0 Å². The van der Waals surface area contributed by atoms with Crippen LogP contribution in [0.15, 0.2) is 140 Å². The van der Waals surface area contributed by atoms with Crippen molar-refractivity contribution in [3.63, 3.8) is 0 Å². The number of nitrogens with one attached hydrogen (secondary N) is 6. The van der Waals surface area contributed by atoms with Crippen LogP contribution in [0, 0.1) is 6.92 Å². The van der Waals surface area contributed by atoms with Crippen LogP contribution in [-0.4, -0.2) is 83.2 Å². The molecule has 16 heteroatoms. The number of carbonyl (C=O) groups excluding carboxylic acids is 6. The fourth-order valence-electron chi connectivity index (χ4n) is 7.97. The van der Waals surface area contributed by atoms with Crippen molar-refractivity contribution in [2.24, 2.45) is 17.2 Å². The van der Waals surface area contributed by atoms with Crippen LogP contribution in [0.2, 0.25) is 0 Å². The minimum Gasteiger partial charge on any atom is -0.399 e. The first kappa shape index (κ1) is 50.6. The quantitative estimate of drug-likeness (QED) is 0.0399. The van der Waals surface area contributed by atoms with Crippen LogP contribution in [0.3, 0.4) is 0 Å². The van der Waals surface area contributed by atoms with Crippen LogP contribution in [-0.2, 0) is 60.9 Å². The third-order valence-corrected chi connectivity index (χ3v) is 11.9. The summed E-state index contributed by atoms with van der Waals surface area (Å²) in [6.45, 7) is 2.26. The molecule has 0 aliphatic heterocycles. The number of benzene rings is 5. The molecule has 5 aromatic carbocycles. The molecule has 0 aliphatic rings. The number of H-pyrrole nitrogens is 1. The Labute approximate surface area is 401 Å². The number of nitrogen functional groups attached to an aromatic ring is 1. The van der Waals surface area contributed by atoms with Gasteiger partial charge in [0.2, 0.25) is 35.4 Å². The molecule has 0 aliphatic carbocycles. The molecule has 360 valence electrons. The van der Waals surface area contributed by atoms with Gasteiger partial charge in [-0.05, 0) is 72.3 Å². The Morgan fingerprint density at radius 3 is 1.41 bits per heavy atom. The van der Waals surface area contributed by atoms with E-state index < -0.39 is 71.7 Å². The monoisotopic (exact) mass is 934 g/mol. The fourth-order valence-corrected chi connectivity index (χ4v) is 7.97. The fraction of sp³-hybridized carbons (Fsp3) is 0.283. The number of aromatic nitrogens is 1. The maximum Gasteiger partial charge on any atom is 0.243 e. The van der Waals surface area contributed by atoms with E-state index in [0.29, 0.717) is 47.3 Å². The summed E-state index contributed by atoms with van der Waals surface area (Å²) >= 11 is 0. The Kier molecular flexibility index (Phi) is 18.2. The smallest absolute Gasteiger partial charge is 0.243 e. The first-order valence-electron chi connectivity index (χ1n) is 23.1. The van der Waals surface area contributed by atoms with Crippen LogP contribution >= 0.6 is 0 Å². The van der Waals surface area contributed by atoms with Gasteiger partial charge in [-0.1, -0.05) is 121 Å². The van der Waals surface area contributed by atoms with Crippen LogP contribution in [0.25, 0.3) is 10.9 Å². The molecule has 1 heterocycles. The van der Waals surface area contributed by atoms with Crippen molar-refractivity contribution in [1.29, 1.82) is 0 Å². The van der Waals surface area contributed by atoms with E-state index in [9.17, 15) is 28.8 Å². The van der Waals surface area contributed by atoms with Crippen LogP contribution in [0.1, 0.15) is 46.2 Å². The third-order valence-electron chi connectivity index (χ3n) is 11.9. The summed E-state index contributed by atoms with van der Waals surface area (Å²) in [4.78, 5) is 87.6. The number of hydrogen-bond acceptors (Lipinski definition) is 9. The van der Waals surface area contributed by atoms with E-state index in [1.807, 2.05) is 79.7 Å². The standard InChI is InChI=1S/C53H62N10O6/c1-33-18-20-36(21-19-33)30-46(52(68)61-44(28-34-11-4-2-5-12-34)50(66)59-43(48(57)64)27-37-22-24-39(55)25-23-37)62-51(67)45(29-35-13-6-3-7-14-35)63-53(69)47(60-49(65)41(56)16-10-26-54)31-38-32-58-42-17-9-8-15-40(38)42/h2-9,11-15,17-25,32,41,43-47,58H,10,16,26-31,54-56H2,1H3,(H2,57,64)(H,59,66)(H,60,65)(H,61,68)(H,62,67)(H,63,69)/t41-,43-,44+,45+,46-,47+/m0/s1. The number of amides is 6. The molecule has 6 rings (SSSR count). The first-order valence-corrected chi connectivity index (χ1v) is 23.1. The molecule has 16 nitrogen and oxygen atoms in total. The molecule has 1 aromatic heterocycles. The van der Waals surface area contributed by atoms with Crippen molar-refractivity contribution in [2.75, 3.05) is 12.3 Å². The number of nitrogens with two attached hydrogens (primary N) is 4. The molecule has 0 fully saturated rings. The largest absolute Gasteiger partial charge is 0.399 e. The van der Waals surface area contributed by atoms with E-state index in [2.05, 4.69) is 31.6 Å². The number of para-hydroxylation sites is 1. The zero-order valence-electron chi connectivity index (χ0n) is 38.7. The molecule has 0 saturated carbocycles. The molecule has 0 saturated heterocycles. The van der Waals surface area contributed by atoms with Crippen molar-refractivity contribution >= 4 is 52.0 Å². The highest BCUT2D eigenvalue weighted by atomic mass is 16.2. The second kappa shape index (κ2) is 24.8. The SMILES string of the molecule is Cc1ccc(C[C@H](NC(=O)[C@@H](Cc2ccccc2)NC(=O)[C@@H](Cc2c[nH]c3ccccc23)NC(=O)[C@@H](N)CCCN)C(=O)N[C@H](Cc2ccccc2)C(=O)N[C@@H](Cc2ccc(N)cc2)C(N)=O)cc1. The van der Waals surface area contributed by atoms with Crippen molar-refractivity contribution in [1.82, 2.24) is 31.6 Å². The molecule has 0 bridgehead atoms. The Morgan fingerprint density at radius 2 is 0.913 bits per heavy atom. The Bertz CT molecular complexity index is 2660. The lowest BCUT2D eigenvalue weighted by atomic mass is 9.99. The van der Waals surface area contributed by atoms with Gasteiger partial charge in [-0.25, -0.2) is 0 Å². The lowest BCUT2D eigenvalue weighted by molar-refractivity contribution is -0.135. The summed E-state index contributed by atoms with van der Waals surface area (Å²) in [6.07, 6.45) is 2.76. The van der Waals surface area contributed by atoms with Gasteiger partial charge < -0.3 is 54.5 Å². The van der Waals surface area contributed by atoms with Gasteiger partial charge in [0.1, 0.15) is 30.2 Å². The predicted octanol–water partition coefficient (Wildman–Crippen LogP) is 2.55. The molecule has 69 heavy (non-hydrogen) atoms. The highest BCUT2D eigenvalue weighted by Gasteiger charge is 2.34. The van der Waals surface area contributed by atoms with Gasteiger partial charge >= 0.3 is 0 Å². The number of aromatic amines is 1. The van der Waals surface area contributed by atoms with Gasteiger partial charge in [0, 0.05) is 54.9 Å². The lowest BCUT2D eigenvalue weighted by Gasteiger charge is -2.28. The topological polar surface area (TPSA) is 282 Å². The van der Waals surface area contributed by atoms with Gasteiger partial charge in [-0.3, -0.25) is 28.8 Å². The maximum absolute atomic E-state index is 14.8. The minimum atomic E-state index is -1.27. The normalized spacial score (nSPS) is 13.7. The van der Waals surface area contributed by atoms with Crippen LogP contribution in [0.5, 0.6) is 0 Å². The number of rotatable bonds is 24. The molecule has 6 atom stereocenters. The van der Waals surface area contributed by atoms with E-state index in [1.54, 1.807) is 66.9 Å². The van der Waals surface area contributed by atoms with E-state index in [4.69, 9.17) is 22.9 Å². The first-order chi connectivity index (χ1) is 33.3. The Morgan fingerprint density at radius 1 is 0.507 bits per heavy atom. The zero-order valence-corrected chi connectivity index (χ0v) is 38.7. The summed E-state index contributed by atoms with van der Waals surface area (Å²) in [7, 11) is 0. The number of carbonyl (C=O) groups is 6. The van der Waals surface area contributed by atoms with Crippen molar-refractivity contribution in [2.45, 2.75) is 88.1 Å². The maximum atomic E-state index is 14.8. The lowest BCUT2D eigenvalue weighted by Crippen LogP contribution is -2.60. The molecular formula is C53H62N10O6. The average molecular weight is 935 g/mol. The van der Waals surface area contributed by atoms with Crippen molar-refractivity contribution in [3.05, 3.63) is 173 Å². The van der Waals surface area contributed by atoms with Gasteiger partial charge in [0.05, 0.1) is 6.04 Å². The highest BCUT2D eigenvalue weighted by Crippen LogP contribution is 2.20. The average Bonchev–Trinajstić information content (AvgIpc) is 3.76. The third kappa shape index (κ3) is 15.1. The second-order valence-electron chi connectivity index (χ2n) is 17.3. The number of anilines is 1. The zero-order chi connectivity index (χ0) is 49.3. The molecule has 6 amide bonds. The summed E-state index contributed by atoms with van der Waals surface area (Å²) in [5.74, 6) is -4.06. The van der Waals surface area contributed by atoms with E-state index >= 15 is 0 Å². The number of primary amides is 1. The van der Waals surface area contributed by atoms with E-state index in [-0.39, 0.29) is 32.1 Å². The van der Waals surface area contributed by atoms with Crippen molar-refractivity contribution < 1.29 is 28.8 Å². The molecule has 6 aromatic rings. The summed E-state index contributed by atoms with van der Waals surface area (Å²) in [6, 6.07) is 32.9. The number of fused-ring (bicyclic) bond motifs is 1. The highest BCUT2D eigenvalue weighted by molar-refractivity contribution is 5.97. The molecule has 0 unspecified atom stereocenters. The van der Waals surface area contributed by atoms with Crippen LogP contribution in [0.4, 0.5) is 5.69 Å². The van der Waals surface area contributed by atoms with Gasteiger partial charge in [0.15, 0.2) is 0 Å². The van der Waals surface area contributed by atoms with E-state index in [1.165, 1.54) is 0 Å². The van der Waals surface area contributed by atoms with Gasteiger partial charge in [0.25, 0.3) is 0 Å². The second-order valence-corrected chi connectivity index (χ2v) is 17.3.